The van der Waals surface area contributed by atoms with E-state index in [4.69, 9.17) is 4.74 Å². The largest absolute Gasteiger partial charge is 0.463 e. The van der Waals surface area contributed by atoms with Crippen LogP contribution in [0, 0.1) is 5.82 Å². The Bertz CT molecular complexity index is 1610. The number of amides is 2. The number of rotatable bonds is 7. The summed E-state index contributed by atoms with van der Waals surface area (Å²) in [5.41, 5.74) is 1.73. The molecule has 2 heterocycles. The van der Waals surface area contributed by atoms with E-state index < -0.39 is 23.6 Å². The van der Waals surface area contributed by atoms with Crippen molar-refractivity contribution in [1.82, 2.24) is 9.80 Å². The predicted octanol–water partition coefficient (Wildman–Crippen LogP) is 6.16. The van der Waals surface area contributed by atoms with Gasteiger partial charge in [0.15, 0.2) is 0 Å². The number of hydrogen-bond acceptors (Lipinski definition) is 5. The summed E-state index contributed by atoms with van der Waals surface area (Å²) in [6.45, 7) is 5.22. The minimum Gasteiger partial charge on any atom is -0.463 e. The Morgan fingerprint density at radius 2 is 1.62 bits per heavy atom. The summed E-state index contributed by atoms with van der Waals surface area (Å²) < 4.78 is 59.0. The molecule has 1 atom stereocenters. The average Bonchev–Trinajstić information content (AvgIpc) is 3.02. The van der Waals surface area contributed by atoms with Crippen LogP contribution < -0.4 is 4.90 Å². The van der Waals surface area contributed by atoms with Gasteiger partial charge in [0.25, 0.3) is 5.91 Å². The molecule has 7 nitrogen and oxygen atoms in total. The second-order valence-electron chi connectivity index (χ2n) is 11.0. The first-order valence-electron chi connectivity index (χ1n) is 14.7. The molecule has 2 aliphatic heterocycles. The van der Waals surface area contributed by atoms with E-state index in [1.807, 2.05) is 4.90 Å². The molecule has 0 saturated carbocycles. The Labute approximate surface area is 258 Å². The maximum atomic E-state index is 14.2. The van der Waals surface area contributed by atoms with E-state index in [-0.39, 0.29) is 42.8 Å². The number of piperazine rings is 1. The van der Waals surface area contributed by atoms with Gasteiger partial charge in [-0.05, 0) is 61.4 Å². The molecule has 0 aliphatic carbocycles. The molecule has 0 radical (unpaired) electrons. The van der Waals surface area contributed by atoms with Crippen LogP contribution in [0.5, 0.6) is 0 Å². The molecule has 236 valence electrons. The van der Waals surface area contributed by atoms with Gasteiger partial charge in [-0.15, -0.1) is 0 Å². The molecular formula is C34H33F4N3O4. The minimum atomic E-state index is -4.51. The number of para-hydroxylation sites is 1. The normalized spacial score (nSPS) is 17.5. The van der Waals surface area contributed by atoms with E-state index >= 15 is 0 Å². The van der Waals surface area contributed by atoms with Crippen LogP contribution in [-0.4, -0.2) is 60.4 Å². The van der Waals surface area contributed by atoms with Crippen molar-refractivity contribution < 1.29 is 36.7 Å². The molecule has 1 unspecified atom stereocenters. The molecular weight excluding hydrogens is 590 g/mol. The number of anilines is 1. The number of nitrogens with zero attached hydrogens (tertiary/aromatic N) is 3. The van der Waals surface area contributed by atoms with Crippen molar-refractivity contribution in [3.05, 3.63) is 112 Å². The van der Waals surface area contributed by atoms with E-state index in [9.17, 15) is 31.9 Å². The Hall–Kier alpha value is -4.67. The Balaban J connectivity index is 1.34. The van der Waals surface area contributed by atoms with Crippen LogP contribution in [0.1, 0.15) is 53.2 Å². The number of ether oxygens (including phenoxy) is 1. The van der Waals surface area contributed by atoms with Crippen LogP contribution in [-0.2, 0) is 27.0 Å². The summed E-state index contributed by atoms with van der Waals surface area (Å²) in [6.07, 6.45) is -4.65. The number of carbonyl (C=O) groups is 3. The van der Waals surface area contributed by atoms with Crippen molar-refractivity contribution >= 4 is 23.5 Å². The molecule has 3 aromatic carbocycles. The number of hydrogen-bond donors (Lipinski definition) is 0. The fraction of sp³-hybridized carbons (Fsp3) is 0.324. The summed E-state index contributed by atoms with van der Waals surface area (Å²) in [7, 11) is 0. The van der Waals surface area contributed by atoms with E-state index in [0.29, 0.717) is 54.3 Å². The Morgan fingerprint density at radius 3 is 2.27 bits per heavy atom. The summed E-state index contributed by atoms with van der Waals surface area (Å²) >= 11 is 0. The second-order valence-corrected chi connectivity index (χ2v) is 11.0. The first kappa shape index (κ1) is 31.7. The molecule has 0 aromatic heterocycles. The van der Waals surface area contributed by atoms with Gasteiger partial charge >= 0.3 is 12.1 Å². The lowest BCUT2D eigenvalue weighted by molar-refractivity contribution is -0.140. The summed E-state index contributed by atoms with van der Waals surface area (Å²) in [5.74, 6) is -2.22. The monoisotopic (exact) mass is 623 g/mol. The van der Waals surface area contributed by atoms with Gasteiger partial charge < -0.3 is 19.4 Å². The van der Waals surface area contributed by atoms with E-state index in [1.165, 1.54) is 23.1 Å². The van der Waals surface area contributed by atoms with Gasteiger partial charge in [0.2, 0.25) is 5.91 Å². The van der Waals surface area contributed by atoms with Crippen molar-refractivity contribution in [2.45, 2.75) is 38.9 Å². The highest BCUT2D eigenvalue weighted by molar-refractivity contribution is 5.96. The number of alkyl halides is 3. The molecule has 11 heteroatoms. The van der Waals surface area contributed by atoms with E-state index in [0.717, 1.165) is 12.1 Å². The zero-order valence-corrected chi connectivity index (χ0v) is 24.9. The predicted molar refractivity (Wildman–Crippen MR) is 160 cm³/mol. The van der Waals surface area contributed by atoms with Gasteiger partial charge in [0.1, 0.15) is 5.82 Å². The SMILES string of the molecule is CCOC(=O)C1=C(C)N(Cc2cccc(C(=O)N3CCN(c4ccccc4F)CC3)c2)C(=O)CC1c1ccc(C(F)(F)F)cc1. The number of allylic oxidation sites excluding steroid dienone is 1. The standard InChI is InChI=1S/C34H33F4N3O4/c1-3-45-33(44)31-22(2)41(30(42)20-27(31)24-11-13-26(14-12-24)34(36,37)38)21-23-7-6-8-25(19-23)32(43)40-17-15-39(16-18-40)29-10-5-4-9-28(29)35/h4-14,19,27H,3,15-18,20-21H2,1-2H3. The quantitative estimate of drug-likeness (QED) is 0.233. The van der Waals surface area contributed by atoms with E-state index in [2.05, 4.69) is 0 Å². The number of halogens is 4. The fourth-order valence-corrected chi connectivity index (χ4v) is 5.89. The first-order chi connectivity index (χ1) is 21.5. The van der Waals surface area contributed by atoms with Gasteiger partial charge in [0, 0.05) is 49.8 Å². The van der Waals surface area contributed by atoms with Crippen molar-refractivity contribution in [1.29, 1.82) is 0 Å². The second kappa shape index (κ2) is 13.1. The third-order valence-electron chi connectivity index (χ3n) is 8.23. The molecule has 2 amide bonds. The van der Waals surface area contributed by atoms with Crippen LogP contribution in [0.25, 0.3) is 0 Å². The van der Waals surface area contributed by atoms with Crippen molar-refractivity contribution in [3.63, 3.8) is 0 Å². The molecule has 0 N–H and O–H groups in total. The lowest BCUT2D eigenvalue weighted by Crippen LogP contribution is -2.49. The smallest absolute Gasteiger partial charge is 0.416 e. The highest BCUT2D eigenvalue weighted by Crippen LogP contribution is 2.39. The Morgan fingerprint density at radius 1 is 0.933 bits per heavy atom. The molecule has 1 saturated heterocycles. The topological polar surface area (TPSA) is 70.2 Å². The third-order valence-corrected chi connectivity index (χ3v) is 8.23. The molecule has 5 rings (SSSR count). The van der Waals surface area contributed by atoms with Crippen molar-refractivity contribution in [2.75, 3.05) is 37.7 Å². The summed E-state index contributed by atoms with van der Waals surface area (Å²) in [4.78, 5) is 45.0. The average molecular weight is 624 g/mol. The van der Waals surface area contributed by atoms with Gasteiger partial charge in [-0.3, -0.25) is 9.59 Å². The van der Waals surface area contributed by atoms with Gasteiger partial charge in [-0.2, -0.15) is 13.2 Å². The molecule has 3 aromatic rings. The fourth-order valence-electron chi connectivity index (χ4n) is 5.89. The lowest BCUT2D eigenvalue weighted by Gasteiger charge is -2.36. The summed E-state index contributed by atoms with van der Waals surface area (Å²) in [6, 6.07) is 17.9. The number of benzene rings is 3. The first-order valence-corrected chi connectivity index (χ1v) is 14.7. The van der Waals surface area contributed by atoms with Crippen molar-refractivity contribution in [3.8, 4) is 0 Å². The zero-order valence-electron chi connectivity index (χ0n) is 24.9. The third kappa shape index (κ3) is 6.87. The number of carbonyl (C=O) groups excluding carboxylic acids is 3. The molecule has 2 aliphatic rings. The van der Waals surface area contributed by atoms with Gasteiger partial charge in [0.05, 0.1) is 30.0 Å². The molecule has 45 heavy (non-hydrogen) atoms. The van der Waals surface area contributed by atoms with Crippen LogP contribution in [0.2, 0.25) is 0 Å². The maximum Gasteiger partial charge on any atom is 0.416 e. The van der Waals surface area contributed by atoms with Crippen molar-refractivity contribution in [2.24, 2.45) is 0 Å². The molecule has 0 spiro atoms. The molecule has 0 bridgehead atoms. The highest BCUT2D eigenvalue weighted by atomic mass is 19.4. The van der Waals surface area contributed by atoms with Crippen LogP contribution in [0.3, 0.4) is 0 Å². The van der Waals surface area contributed by atoms with E-state index in [1.54, 1.807) is 61.2 Å². The minimum absolute atomic E-state index is 0.0789. The summed E-state index contributed by atoms with van der Waals surface area (Å²) in [5, 5.41) is 0. The van der Waals surface area contributed by atoms with Gasteiger partial charge in [-0.1, -0.05) is 36.4 Å². The highest BCUT2D eigenvalue weighted by Gasteiger charge is 2.38. The van der Waals surface area contributed by atoms with Crippen LogP contribution in [0.15, 0.2) is 84.1 Å². The maximum absolute atomic E-state index is 14.2. The lowest BCUT2D eigenvalue weighted by atomic mass is 9.83. The van der Waals surface area contributed by atoms with Crippen LogP contribution in [0.4, 0.5) is 23.2 Å². The van der Waals surface area contributed by atoms with Gasteiger partial charge in [-0.25, -0.2) is 9.18 Å². The van der Waals surface area contributed by atoms with Crippen LogP contribution >= 0.6 is 0 Å². The number of esters is 1. The Kier molecular flexibility index (Phi) is 9.27. The molecule has 1 fully saturated rings. The zero-order chi connectivity index (χ0) is 32.3.